The fraction of sp³-hybridized carbons (Fsp3) is 0.765. The number of hydrogen-bond donors (Lipinski definition) is 0. The van der Waals surface area contributed by atoms with Crippen molar-refractivity contribution in [3.05, 3.63) is 11.6 Å². The van der Waals surface area contributed by atoms with Crippen molar-refractivity contribution in [2.45, 2.75) is 51.9 Å². The van der Waals surface area contributed by atoms with Crippen LogP contribution in [0.3, 0.4) is 0 Å². The summed E-state index contributed by atoms with van der Waals surface area (Å²) in [6.07, 6.45) is 10.2. The van der Waals surface area contributed by atoms with Crippen LogP contribution in [-0.2, 0) is 14.3 Å². The topological polar surface area (TPSA) is 46.6 Å². The number of carbonyl (C=O) groups is 2. The molecule has 2 aliphatic rings. The van der Waals surface area contributed by atoms with E-state index in [9.17, 15) is 9.59 Å². The monoisotopic (exact) mass is 293 g/mol. The highest BCUT2D eigenvalue weighted by Crippen LogP contribution is 2.31. The van der Waals surface area contributed by atoms with Gasteiger partial charge in [0.1, 0.15) is 0 Å². The lowest BCUT2D eigenvalue weighted by molar-refractivity contribution is -0.146. The third-order valence-corrected chi connectivity index (χ3v) is 4.42. The first-order chi connectivity index (χ1) is 10.1. The molecule has 1 saturated carbocycles. The molecule has 0 saturated heterocycles. The first kappa shape index (κ1) is 16.1. The summed E-state index contributed by atoms with van der Waals surface area (Å²) in [6.45, 7) is 3.05. The highest BCUT2D eigenvalue weighted by Gasteiger charge is 2.34. The quantitative estimate of drug-likeness (QED) is 0.535. The molecule has 0 N–H and O–H groups in total. The lowest BCUT2D eigenvalue weighted by atomic mass is 9.97. The molecule has 1 fully saturated rings. The van der Waals surface area contributed by atoms with Gasteiger partial charge in [-0.15, -0.1) is 0 Å². The number of carbonyl (C=O) groups excluding carboxylic acids is 2. The number of esters is 1. The van der Waals surface area contributed by atoms with Crippen LogP contribution in [0.15, 0.2) is 11.6 Å². The van der Waals surface area contributed by atoms with E-state index >= 15 is 0 Å². The van der Waals surface area contributed by atoms with E-state index in [0.717, 1.165) is 32.2 Å². The molecule has 0 aromatic heterocycles. The number of allylic oxidation sites excluding steroid dienone is 1. The Labute approximate surface area is 127 Å². The predicted molar refractivity (Wildman–Crippen MR) is 81.7 cm³/mol. The van der Waals surface area contributed by atoms with Gasteiger partial charge in [-0.25, -0.2) is 0 Å². The summed E-state index contributed by atoms with van der Waals surface area (Å²) in [5, 5.41) is 0. The average molecular weight is 293 g/mol. The Morgan fingerprint density at radius 3 is 2.71 bits per heavy atom. The van der Waals surface area contributed by atoms with Crippen molar-refractivity contribution < 1.29 is 14.3 Å². The molecule has 2 rings (SSSR count). The summed E-state index contributed by atoms with van der Waals surface area (Å²) >= 11 is 0. The summed E-state index contributed by atoms with van der Waals surface area (Å²) in [5.41, 5.74) is 1.47. The van der Waals surface area contributed by atoms with E-state index in [4.69, 9.17) is 4.74 Å². The van der Waals surface area contributed by atoms with Crippen LogP contribution >= 0.6 is 0 Å². The summed E-state index contributed by atoms with van der Waals surface area (Å²) in [5.74, 6) is -0.0594. The van der Waals surface area contributed by atoms with E-state index in [1.54, 1.807) is 0 Å². The lowest BCUT2D eigenvalue weighted by Gasteiger charge is -2.26. The van der Waals surface area contributed by atoms with E-state index in [-0.39, 0.29) is 23.7 Å². The summed E-state index contributed by atoms with van der Waals surface area (Å²) in [4.78, 5) is 25.9. The zero-order valence-corrected chi connectivity index (χ0v) is 13.3. The van der Waals surface area contributed by atoms with Crippen molar-refractivity contribution in [2.24, 2.45) is 11.8 Å². The molecule has 118 valence electrons. The fourth-order valence-electron chi connectivity index (χ4n) is 2.90. The lowest BCUT2D eigenvalue weighted by Crippen LogP contribution is -2.39. The van der Waals surface area contributed by atoms with Crippen LogP contribution in [-0.4, -0.2) is 37.0 Å². The average Bonchev–Trinajstić information content (AvgIpc) is 3.35. The first-order valence-corrected chi connectivity index (χ1v) is 8.16. The minimum absolute atomic E-state index is 0.204. The normalized spacial score (nSPS) is 19.6. The minimum atomic E-state index is -0.252. The largest absolute Gasteiger partial charge is 0.469 e. The van der Waals surface area contributed by atoms with Gasteiger partial charge in [0.15, 0.2) is 0 Å². The Morgan fingerprint density at radius 2 is 2.14 bits per heavy atom. The third-order valence-electron chi connectivity index (χ3n) is 4.42. The smallest absolute Gasteiger partial charge is 0.310 e. The number of nitrogens with zero attached hydrogens (tertiary/aromatic N) is 1. The number of rotatable bonds is 7. The van der Waals surface area contributed by atoms with Gasteiger partial charge < -0.3 is 9.64 Å². The van der Waals surface area contributed by atoms with Crippen molar-refractivity contribution in [2.75, 3.05) is 20.2 Å². The fourth-order valence-corrected chi connectivity index (χ4v) is 2.90. The molecule has 0 aromatic carbocycles. The van der Waals surface area contributed by atoms with Crippen LogP contribution in [0.25, 0.3) is 0 Å². The van der Waals surface area contributed by atoms with Gasteiger partial charge in [-0.1, -0.05) is 18.6 Å². The van der Waals surface area contributed by atoms with Crippen LogP contribution in [0.4, 0.5) is 0 Å². The zero-order chi connectivity index (χ0) is 15.2. The Hall–Kier alpha value is -1.32. The molecule has 1 unspecified atom stereocenters. The van der Waals surface area contributed by atoms with E-state index in [0.29, 0.717) is 6.54 Å². The SMILES string of the molecule is COC(=O)C(C)CN(CCC1=CCCCC1)C(=O)C1CC1. The first-order valence-electron chi connectivity index (χ1n) is 8.16. The summed E-state index contributed by atoms with van der Waals surface area (Å²) in [7, 11) is 1.40. The van der Waals surface area contributed by atoms with E-state index in [2.05, 4.69) is 6.08 Å². The molecule has 0 aliphatic heterocycles. The number of amides is 1. The molecule has 21 heavy (non-hydrogen) atoms. The molecule has 4 nitrogen and oxygen atoms in total. The molecule has 0 spiro atoms. The predicted octanol–water partition coefficient (Wildman–Crippen LogP) is 2.92. The Morgan fingerprint density at radius 1 is 1.38 bits per heavy atom. The second-order valence-corrected chi connectivity index (χ2v) is 6.34. The Kier molecular flexibility index (Phi) is 5.83. The maximum Gasteiger partial charge on any atom is 0.310 e. The van der Waals surface area contributed by atoms with Crippen LogP contribution in [0.2, 0.25) is 0 Å². The molecule has 0 heterocycles. The van der Waals surface area contributed by atoms with E-state index in [1.165, 1.54) is 31.9 Å². The van der Waals surface area contributed by atoms with Gasteiger partial charge in [-0.3, -0.25) is 9.59 Å². The number of methoxy groups -OCH3 is 1. The number of ether oxygens (including phenoxy) is 1. The van der Waals surface area contributed by atoms with Crippen LogP contribution in [0.1, 0.15) is 51.9 Å². The van der Waals surface area contributed by atoms with Gasteiger partial charge in [0.2, 0.25) is 5.91 Å². The molecule has 1 atom stereocenters. The van der Waals surface area contributed by atoms with Gasteiger partial charge in [0, 0.05) is 19.0 Å². The molecule has 0 radical (unpaired) electrons. The highest BCUT2D eigenvalue weighted by atomic mass is 16.5. The zero-order valence-electron chi connectivity index (χ0n) is 13.3. The summed E-state index contributed by atoms with van der Waals surface area (Å²) in [6, 6.07) is 0. The van der Waals surface area contributed by atoms with Gasteiger partial charge in [0.05, 0.1) is 13.0 Å². The van der Waals surface area contributed by atoms with E-state index < -0.39 is 0 Å². The van der Waals surface area contributed by atoms with Crippen molar-refractivity contribution >= 4 is 11.9 Å². The third kappa shape index (κ3) is 4.87. The maximum absolute atomic E-state index is 12.4. The molecular weight excluding hydrogens is 266 g/mol. The van der Waals surface area contributed by atoms with Crippen LogP contribution < -0.4 is 0 Å². The van der Waals surface area contributed by atoms with E-state index in [1.807, 2.05) is 11.8 Å². The highest BCUT2D eigenvalue weighted by molar-refractivity contribution is 5.82. The molecule has 2 aliphatic carbocycles. The van der Waals surface area contributed by atoms with Gasteiger partial charge in [-0.05, 0) is 44.9 Å². The van der Waals surface area contributed by atoms with Crippen molar-refractivity contribution in [3.8, 4) is 0 Å². The van der Waals surface area contributed by atoms with Crippen LogP contribution in [0, 0.1) is 11.8 Å². The van der Waals surface area contributed by atoms with Gasteiger partial charge in [0.25, 0.3) is 0 Å². The second-order valence-electron chi connectivity index (χ2n) is 6.34. The van der Waals surface area contributed by atoms with Gasteiger partial charge >= 0.3 is 5.97 Å². The van der Waals surface area contributed by atoms with Crippen molar-refractivity contribution in [3.63, 3.8) is 0 Å². The molecule has 0 aromatic rings. The van der Waals surface area contributed by atoms with Crippen LogP contribution in [0.5, 0.6) is 0 Å². The standard InChI is InChI=1S/C17H27NO3/c1-13(17(20)21-2)12-18(16(19)15-8-9-15)11-10-14-6-4-3-5-7-14/h6,13,15H,3-5,7-12H2,1-2H3. The van der Waals surface area contributed by atoms with Crippen molar-refractivity contribution in [1.82, 2.24) is 4.90 Å². The molecular formula is C17H27NO3. The Bertz CT molecular complexity index is 412. The number of hydrogen-bond acceptors (Lipinski definition) is 3. The Balaban J connectivity index is 1.89. The minimum Gasteiger partial charge on any atom is -0.469 e. The molecule has 1 amide bonds. The summed E-state index contributed by atoms with van der Waals surface area (Å²) < 4.78 is 4.77. The maximum atomic E-state index is 12.4. The van der Waals surface area contributed by atoms with Gasteiger partial charge in [-0.2, -0.15) is 0 Å². The molecule has 4 heteroatoms. The van der Waals surface area contributed by atoms with Crippen molar-refractivity contribution in [1.29, 1.82) is 0 Å². The molecule has 0 bridgehead atoms. The second kappa shape index (κ2) is 7.62.